The van der Waals surface area contributed by atoms with Gasteiger partial charge in [-0.05, 0) is 27.7 Å². The summed E-state index contributed by atoms with van der Waals surface area (Å²) in [5.74, 6) is 2.39. The first kappa shape index (κ1) is 23.6. The maximum absolute atomic E-state index is 11.9. The summed E-state index contributed by atoms with van der Waals surface area (Å²) >= 11 is 1.93. The summed E-state index contributed by atoms with van der Waals surface area (Å²) < 4.78 is 0. The third kappa shape index (κ3) is 9.84. The van der Waals surface area contributed by atoms with Crippen molar-refractivity contribution >= 4 is 42.5 Å². The Balaban J connectivity index is 0. The highest BCUT2D eigenvalue weighted by atomic mass is 35.5. The number of carbonyl (C=O) groups is 1. The number of rotatable bonds is 7. The van der Waals surface area contributed by atoms with Crippen LogP contribution in [0, 0.1) is 0 Å². The van der Waals surface area contributed by atoms with Gasteiger partial charge in [-0.3, -0.25) is 9.69 Å². The summed E-state index contributed by atoms with van der Waals surface area (Å²) in [7, 11) is 0. The SMILES string of the molecule is CC(C)N(CCNC(=O)CC1CSCCN1)C(C)C.Cl.Cl. The predicted octanol–water partition coefficient (Wildman–Crippen LogP) is 2.16. The lowest BCUT2D eigenvalue weighted by Gasteiger charge is -2.30. The van der Waals surface area contributed by atoms with Gasteiger partial charge in [-0.1, -0.05) is 0 Å². The van der Waals surface area contributed by atoms with Crippen molar-refractivity contribution in [1.29, 1.82) is 0 Å². The van der Waals surface area contributed by atoms with Gasteiger partial charge < -0.3 is 10.6 Å². The highest BCUT2D eigenvalue weighted by molar-refractivity contribution is 7.99. The molecule has 0 aliphatic carbocycles. The Hall–Kier alpha value is 0.320. The van der Waals surface area contributed by atoms with Gasteiger partial charge in [0.05, 0.1) is 0 Å². The van der Waals surface area contributed by atoms with E-state index in [2.05, 4.69) is 43.2 Å². The first-order valence-electron chi connectivity index (χ1n) is 7.34. The van der Waals surface area contributed by atoms with Crippen LogP contribution in [0.2, 0.25) is 0 Å². The molecule has 0 bridgehead atoms. The van der Waals surface area contributed by atoms with Crippen molar-refractivity contribution in [2.75, 3.05) is 31.1 Å². The molecule has 7 heteroatoms. The molecular formula is C14H31Cl2N3OS. The molecule has 1 heterocycles. The molecule has 1 rings (SSSR count). The molecule has 21 heavy (non-hydrogen) atoms. The average molecular weight is 360 g/mol. The fourth-order valence-corrected chi connectivity index (χ4v) is 3.43. The van der Waals surface area contributed by atoms with E-state index in [1.165, 1.54) is 0 Å². The van der Waals surface area contributed by atoms with Gasteiger partial charge in [0.2, 0.25) is 5.91 Å². The second kappa shape index (κ2) is 12.8. The van der Waals surface area contributed by atoms with Crippen LogP contribution in [0.5, 0.6) is 0 Å². The van der Waals surface area contributed by atoms with Crippen molar-refractivity contribution in [2.24, 2.45) is 0 Å². The molecule has 1 atom stereocenters. The minimum atomic E-state index is 0. The Labute approximate surface area is 146 Å². The molecule has 0 saturated carbocycles. The molecule has 1 saturated heterocycles. The molecule has 0 aromatic heterocycles. The minimum absolute atomic E-state index is 0. The molecule has 1 unspecified atom stereocenters. The largest absolute Gasteiger partial charge is 0.355 e. The average Bonchev–Trinajstić information content (AvgIpc) is 2.34. The van der Waals surface area contributed by atoms with Gasteiger partial charge in [-0.15, -0.1) is 24.8 Å². The van der Waals surface area contributed by atoms with Crippen molar-refractivity contribution in [2.45, 2.75) is 52.2 Å². The molecule has 128 valence electrons. The number of halogens is 2. The maximum Gasteiger partial charge on any atom is 0.221 e. The number of hydrogen-bond donors (Lipinski definition) is 2. The predicted molar refractivity (Wildman–Crippen MR) is 98.2 cm³/mol. The lowest BCUT2D eigenvalue weighted by molar-refractivity contribution is -0.121. The summed E-state index contributed by atoms with van der Waals surface area (Å²) in [6, 6.07) is 1.40. The second-order valence-corrected chi connectivity index (χ2v) is 6.86. The van der Waals surface area contributed by atoms with Crippen molar-refractivity contribution in [3.63, 3.8) is 0 Å². The van der Waals surface area contributed by atoms with E-state index in [4.69, 9.17) is 0 Å². The van der Waals surface area contributed by atoms with E-state index < -0.39 is 0 Å². The van der Waals surface area contributed by atoms with Crippen molar-refractivity contribution in [3.05, 3.63) is 0 Å². The van der Waals surface area contributed by atoms with Crippen molar-refractivity contribution in [1.82, 2.24) is 15.5 Å². The zero-order valence-corrected chi connectivity index (χ0v) is 16.0. The van der Waals surface area contributed by atoms with E-state index >= 15 is 0 Å². The molecule has 0 spiro atoms. The van der Waals surface area contributed by atoms with E-state index in [9.17, 15) is 4.79 Å². The third-order valence-electron chi connectivity index (χ3n) is 3.45. The molecule has 0 aromatic carbocycles. The topological polar surface area (TPSA) is 44.4 Å². The second-order valence-electron chi connectivity index (χ2n) is 5.71. The van der Waals surface area contributed by atoms with Crippen LogP contribution in [-0.2, 0) is 4.79 Å². The number of thioether (sulfide) groups is 1. The first-order chi connectivity index (χ1) is 9.00. The zero-order valence-electron chi connectivity index (χ0n) is 13.6. The first-order valence-corrected chi connectivity index (χ1v) is 8.49. The van der Waals surface area contributed by atoms with E-state index in [1.54, 1.807) is 0 Å². The molecule has 1 fully saturated rings. The van der Waals surface area contributed by atoms with Crippen LogP contribution in [0.15, 0.2) is 0 Å². The Morgan fingerprint density at radius 3 is 2.38 bits per heavy atom. The molecule has 1 amide bonds. The molecule has 1 aliphatic rings. The molecule has 2 N–H and O–H groups in total. The molecule has 0 radical (unpaired) electrons. The lowest BCUT2D eigenvalue weighted by Crippen LogP contribution is -2.44. The van der Waals surface area contributed by atoms with E-state index in [0.717, 1.165) is 31.1 Å². The van der Waals surface area contributed by atoms with Crippen molar-refractivity contribution in [3.8, 4) is 0 Å². The normalized spacial score (nSPS) is 18.3. The number of nitrogens with one attached hydrogen (secondary N) is 2. The summed E-state index contributed by atoms with van der Waals surface area (Å²) in [5, 5.41) is 6.43. The van der Waals surface area contributed by atoms with E-state index in [-0.39, 0.29) is 30.7 Å². The zero-order chi connectivity index (χ0) is 14.3. The Morgan fingerprint density at radius 2 is 1.90 bits per heavy atom. The minimum Gasteiger partial charge on any atom is -0.355 e. The Bertz CT molecular complexity index is 267. The standard InChI is InChI=1S/C14H29N3OS.2ClH/c1-11(2)17(12(3)4)7-5-16-14(18)9-13-10-19-8-6-15-13;;/h11-13,15H,5-10H2,1-4H3,(H,16,18);2*1H. The van der Waals surface area contributed by atoms with Crippen LogP contribution in [0.25, 0.3) is 0 Å². The van der Waals surface area contributed by atoms with Crippen LogP contribution in [-0.4, -0.2) is 60.1 Å². The quantitative estimate of drug-likeness (QED) is 0.730. The summed E-state index contributed by atoms with van der Waals surface area (Å²) in [4.78, 5) is 14.3. The van der Waals surface area contributed by atoms with Crippen LogP contribution >= 0.6 is 36.6 Å². The summed E-state index contributed by atoms with van der Waals surface area (Å²) in [5.41, 5.74) is 0. The van der Waals surface area contributed by atoms with E-state index in [1.807, 2.05) is 11.8 Å². The Kier molecular flexibility index (Phi) is 14.4. The van der Waals surface area contributed by atoms with Gasteiger partial charge in [-0.25, -0.2) is 0 Å². The lowest BCUT2D eigenvalue weighted by atomic mass is 10.2. The highest BCUT2D eigenvalue weighted by Gasteiger charge is 2.17. The van der Waals surface area contributed by atoms with Crippen molar-refractivity contribution < 1.29 is 4.79 Å². The van der Waals surface area contributed by atoms with Gasteiger partial charge in [0.25, 0.3) is 0 Å². The third-order valence-corrected chi connectivity index (χ3v) is 4.58. The van der Waals surface area contributed by atoms with Crippen LogP contribution < -0.4 is 10.6 Å². The van der Waals surface area contributed by atoms with Gasteiger partial charge >= 0.3 is 0 Å². The van der Waals surface area contributed by atoms with Crippen LogP contribution in [0.1, 0.15) is 34.1 Å². The van der Waals surface area contributed by atoms with E-state index in [0.29, 0.717) is 24.5 Å². The smallest absolute Gasteiger partial charge is 0.221 e. The summed E-state index contributed by atoms with van der Waals surface area (Å²) in [6.45, 7) is 11.5. The maximum atomic E-state index is 11.9. The van der Waals surface area contributed by atoms with Gasteiger partial charge in [-0.2, -0.15) is 11.8 Å². The number of nitrogens with zero attached hydrogens (tertiary/aromatic N) is 1. The number of hydrogen-bond acceptors (Lipinski definition) is 4. The Morgan fingerprint density at radius 1 is 1.29 bits per heavy atom. The van der Waals surface area contributed by atoms with Gasteiger partial charge in [0.15, 0.2) is 0 Å². The summed E-state index contributed by atoms with van der Waals surface area (Å²) in [6.07, 6.45) is 0.607. The number of carbonyl (C=O) groups excluding carboxylic acids is 1. The highest BCUT2D eigenvalue weighted by Crippen LogP contribution is 2.10. The number of amides is 1. The molecule has 4 nitrogen and oxygen atoms in total. The van der Waals surface area contributed by atoms with Crippen LogP contribution in [0.3, 0.4) is 0 Å². The van der Waals surface area contributed by atoms with Gasteiger partial charge in [0, 0.05) is 55.7 Å². The molecule has 1 aliphatic heterocycles. The van der Waals surface area contributed by atoms with Crippen LogP contribution in [0.4, 0.5) is 0 Å². The monoisotopic (exact) mass is 359 g/mol. The van der Waals surface area contributed by atoms with Gasteiger partial charge in [0.1, 0.15) is 0 Å². The molecular weight excluding hydrogens is 329 g/mol. The molecule has 0 aromatic rings. The fraction of sp³-hybridized carbons (Fsp3) is 0.929. The fourth-order valence-electron chi connectivity index (χ4n) is 2.48.